The second-order valence-corrected chi connectivity index (χ2v) is 10.1. The number of hydrazone groups is 1. The van der Waals surface area contributed by atoms with Crippen LogP contribution in [-0.4, -0.2) is 37.3 Å². The quantitative estimate of drug-likeness (QED) is 0.0469. The molecule has 220 valence electrons. The van der Waals surface area contributed by atoms with Gasteiger partial charge in [0.1, 0.15) is 6.29 Å². The molecule has 1 unspecified atom stereocenters. The van der Waals surface area contributed by atoms with Gasteiger partial charge in [-0.25, -0.2) is 0 Å². The molecule has 0 saturated heterocycles. The zero-order valence-corrected chi connectivity index (χ0v) is 25.9. The molecule has 0 spiro atoms. The summed E-state index contributed by atoms with van der Waals surface area (Å²) >= 11 is 0. The van der Waals surface area contributed by atoms with E-state index in [-0.39, 0.29) is 11.5 Å². The fourth-order valence-corrected chi connectivity index (χ4v) is 4.62. The molecule has 40 heavy (non-hydrogen) atoms. The molecule has 2 bridgehead atoms. The highest BCUT2D eigenvalue weighted by molar-refractivity contribution is 6.02. The van der Waals surface area contributed by atoms with Gasteiger partial charge in [0.05, 0.1) is 17.5 Å². The van der Waals surface area contributed by atoms with Crippen molar-refractivity contribution in [3.63, 3.8) is 0 Å². The largest absolute Gasteiger partial charge is 0.383 e. The molecule has 1 atom stereocenters. The van der Waals surface area contributed by atoms with E-state index >= 15 is 0 Å². The number of rotatable bonds is 13. The van der Waals surface area contributed by atoms with Gasteiger partial charge in [-0.2, -0.15) is 5.10 Å². The summed E-state index contributed by atoms with van der Waals surface area (Å²) in [5.41, 5.74) is 10.3. The lowest BCUT2D eigenvalue weighted by atomic mass is 9.54. The summed E-state index contributed by atoms with van der Waals surface area (Å²) in [7, 11) is 1.80. The minimum atomic E-state index is -0.0115. The second kappa shape index (κ2) is 22.2. The Hall–Kier alpha value is -3.61. The van der Waals surface area contributed by atoms with E-state index in [2.05, 4.69) is 86.2 Å². The van der Waals surface area contributed by atoms with Crippen LogP contribution in [-0.2, 0) is 4.79 Å². The Morgan fingerprint density at radius 2 is 1.70 bits per heavy atom. The molecule has 0 radical (unpaired) electrons. The van der Waals surface area contributed by atoms with Gasteiger partial charge in [-0.1, -0.05) is 38.3 Å². The summed E-state index contributed by atoms with van der Waals surface area (Å²) in [6.07, 6.45) is 27.0. The maximum absolute atomic E-state index is 11.4. The van der Waals surface area contributed by atoms with Crippen LogP contribution in [0.5, 0.6) is 0 Å². The lowest BCUT2D eigenvalue weighted by Crippen LogP contribution is -2.48. The summed E-state index contributed by atoms with van der Waals surface area (Å²) in [6.45, 7) is 26.7. The first-order valence-corrected chi connectivity index (χ1v) is 14.0. The smallest absolute Gasteiger partial charge is 0.126 e. The Morgan fingerprint density at radius 3 is 2.15 bits per heavy atom. The number of terminal acetylenes is 1. The van der Waals surface area contributed by atoms with Crippen molar-refractivity contribution in [1.29, 1.82) is 0 Å². The Morgan fingerprint density at radius 1 is 1.12 bits per heavy atom. The van der Waals surface area contributed by atoms with Gasteiger partial charge in [0, 0.05) is 24.7 Å². The van der Waals surface area contributed by atoms with E-state index in [4.69, 9.17) is 0 Å². The van der Waals surface area contributed by atoms with E-state index in [1.807, 2.05) is 44.2 Å². The van der Waals surface area contributed by atoms with Crippen LogP contribution < -0.4 is 10.7 Å². The highest BCUT2D eigenvalue weighted by atomic mass is 16.1. The third-order valence-electron chi connectivity index (χ3n) is 7.39. The van der Waals surface area contributed by atoms with E-state index in [9.17, 15) is 4.79 Å². The number of hydrogen-bond donors (Lipinski definition) is 2. The average molecular weight is 547 g/mol. The van der Waals surface area contributed by atoms with Gasteiger partial charge in [0.2, 0.25) is 0 Å². The van der Waals surface area contributed by atoms with Crippen LogP contribution in [0.3, 0.4) is 0 Å². The molecule has 0 aromatic heterocycles. The number of carbonyl (C=O) groups excluding carboxylic acids is 1. The lowest BCUT2D eigenvalue weighted by molar-refractivity contribution is -0.124. The van der Waals surface area contributed by atoms with Crippen LogP contribution in [0.15, 0.2) is 90.4 Å². The molecule has 0 aromatic carbocycles. The Kier molecular flexibility index (Phi) is 21.4. The highest BCUT2D eigenvalue weighted by Gasteiger charge is 2.48. The molecule has 3 fully saturated rings. The predicted octanol–water partition coefficient (Wildman–Crippen LogP) is 7.92. The molecule has 0 heterocycles. The van der Waals surface area contributed by atoms with Crippen molar-refractivity contribution in [2.45, 2.75) is 85.1 Å². The van der Waals surface area contributed by atoms with E-state index < -0.39 is 0 Å². The number of nitrogens with one attached hydrogen (secondary N) is 2. The first kappa shape index (κ1) is 38.5. The van der Waals surface area contributed by atoms with Crippen LogP contribution in [0, 0.1) is 23.7 Å². The van der Waals surface area contributed by atoms with Crippen molar-refractivity contribution < 1.29 is 4.79 Å². The van der Waals surface area contributed by atoms with Crippen molar-refractivity contribution in [2.75, 3.05) is 13.6 Å². The number of hydrogen-bond acceptors (Lipinski definition) is 5. The Balaban J connectivity index is 0. The van der Waals surface area contributed by atoms with Crippen molar-refractivity contribution in [3.05, 3.63) is 80.3 Å². The molecular formula is C35H54N4O. The third-order valence-corrected chi connectivity index (χ3v) is 7.39. The van der Waals surface area contributed by atoms with Gasteiger partial charge in [-0.05, 0) is 95.3 Å². The number of aliphatic imine (C=N–C) groups is 1. The summed E-state index contributed by atoms with van der Waals surface area (Å²) in [6, 6.07) is 0.0180. The number of fused-ring (bicyclic) bond motifs is 3. The third kappa shape index (κ3) is 14.0. The van der Waals surface area contributed by atoms with Crippen molar-refractivity contribution in [3.8, 4) is 12.8 Å². The molecule has 3 aliphatic rings. The predicted molar refractivity (Wildman–Crippen MR) is 178 cm³/mol. The summed E-state index contributed by atoms with van der Waals surface area (Å²) < 4.78 is 0. The summed E-state index contributed by atoms with van der Waals surface area (Å²) in [5, 5.41) is 7.91. The van der Waals surface area contributed by atoms with Gasteiger partial charge in [-0.15, -0.1) is 38.3 Å². The monoisotopic (exact) mass is 546 g/mol. The maximum Gasteiger partial charge on any atom is 0.126 e. The number of nitrogens with zero attached hydrogens (tertiary/aromatic N) is 2. The molecule has 0 aliphatic heterocycles. The number of aldehydes is 1. The van der Waals surface area contributed by atoms with Gasteiger partial charge in [-0.3, -0.25) is 4.99 Å². The average Bonchev–Trinajstić information content (AvgIpc) is 3.01. The van der Waals surface area contributed by atoms with Gasteiger partial charge < -0.3 is 15.5 Å². The molecule has 3 saturated carbocycles. The van der Waals surface area contributed by atoms with Gasteiger partial charge in [0.15, 0.2) is 0 Å². The zero-order valence-electron chi connectivity index (χ0n) is 25.9. The molecule has 3 rings (SSSR count). The number of allylic oxidation sites excluding steroid dienone is 5. The molecular weight excluding hydrogens is 492 g/mol. The van der Waals surface area contributed by atoms with E-state index in [0.717, 1.165) is 80.6 Å². The van der Waals surface area contributed by atoms with Crippen LogP contribution in [0.25, 0.3) is 0 Å². The normalized spacial score (nSPS) is 21.8. The minimum Gasteiger partial charge on any atom is -0.383 e. The minimum absolute atomic E-state index is 0.0115. The van der Waals surface area contributed by atoms with Crippen LogP contribution in [0.4, 0.5) is 0 Å². The summed E-state index contributed by atoms with van der Waals surface area (Å²) in [5.74, 6) is 0. The van der Waals surface area contributed by atoms with Crippen LogP contribution in [0.2, 0.25) is 0 Å². The zero-order chi connectivity index (χ0) is 31.0. The second-order valence-electron chi connectivity index (χ2n) is 10.1. The van der Waals surface area contributed by atoms with E-state index in [1.165, 1.54) is 6.29 Å². The van der Waals surface area contributed by atoms with E-state index in [1.54, 1.807) is 7.05 Å². The van der Waals surface area contributed by atoms with E-state index in [0.29, 0.717) is 5.41 Å². The first-order valence-electron chi connectivity index (χ1n) is 14.0. The standard InChI is InChI=1S/C20H34N4O.C11H14.C2H4.C2H2/c1-6-15(2)23-24-17(4)18(21-5)16(3)22-13-19-7-10-20(14-25,11-8-19)12-9-19;1-4-6-7-8-10-11(3)9-5-2;2*1-2/h14,17,22,24H,3,6-13H2,1-2,4-5H3;4-7,10H,2-3,9H2,1H3;1-2H2;1-2H/b21-18?,23-15-;6-4+;;. The first-order chi connectivity index (χ1) is 19.2. The van der Waals surface area contributed by atoms with Gasteiger partial charge >= 0.3 is 0 Å². The van der Waals surface area contributed by atoms with Crippen LogP contribution in [0.1, 0.15) is 79.1 Å². The molecule has 5 heteroatoms. The van der Waals surface area contributed by atoms with Gasteiger partial charge in [0.25, 0.3) is 0 Å². The topological polar surface area (TPSA) is 65.8 Å². The molecule has 2 N–H and O–H groups in total. The summed E-state index contributed by atoms with van der Waals surface area (Å²) in [4.78, 5) is 15.8. The maximum atomic E-state index is 11.4. The highest BCUT2D eigenvalue weighted by Crippen LogP contribution is 2.55. The fourth-order valence-electron chi connectivity index (χ4n) is 4.62. The molecule has 3 aliphatic carbocycles. The molecule has 0 aromatic rings. The van der Waals surface area contributed by atoms with Crippen molar-refractivity contribution >= 4 is 17.7 Å². The Labute approximate surface area is 245 Å². The molecule has 5 nitrogen and oxygen atoms in total. The van der Waals surface area contributed by atoms with Crippen molar-refractivity contribution in [1.82, 2.24) is 10.7 Å². The SMILES string of the molecule is C#C.C=C.C=C(NCC12CCC(C=O)(CC1)CC2)C(=NC)C(C)N/N=C(/C)CC.C=CCC(=C)C=C=C/C=C/C. The van der Waals surface area contributed by atoms with Crippen molar-refractivity contribution in [2.24, 2.45) is 20.9 Å². The lowest BCUT2D eigenvalue weighted by Gasteiger charge is -2.51. The Bertz CT molecular complexity index is 948. The van der Waals surface area contributed by atoms with Crippen LogP contribution >= 0.6 is 0 Å². The number of carbonyl (C=O) groups is 1. The molecule has 0 amide bonds. The fraction of sp³-hybridized carbons (Fsp3) is 0.486.